The smallest absolute Gasteiger partial charge is 0.257 e. The second-order valence-corrected chi connectivity index (χ2v) is 14.1. The number of phenolic OH excluding ortho intramolecular Hbond substituents is 1. The molecule has 0 fully saturated rings. The molecule has 4 heterocycles. The van der Waals surface area contributed by atoms with Crippen LogP contribution in [0, 0.1) is 0 Å². The first-order valence-electron chi connectivity index (χ1n) is 18.2. The molecule has 0 unspecified atom stereocenters. The fraction of sp³-hybridized carbons (Fsp3) is 0.227. The molecule has 0 radical (unpaired) electrons. The maximum absolute atomic E-state index is 13.8. The molecule has 0 aliphatic carbocycles. The minimum Gasteiger partial charge on any atom is -0.508 e. The molecule has 0 saturated carbocycles. The number of fused-ring (bicyclic) bond motifs is 6. The predicted octanol–water partition coefficient (Wildman–Crippen LogP) is 7.13. The van der Waals surface area contributed by atoms with Gasteiger partial charge in [0.15, 0.2) is 23.0 Å². The number of carbonyl (C=O) groups excluding carboxylic acids is 2. The number of aromatic hydroxyl groups is 1. The van der Waals surface area contributed by atoms with Crippen LogP contribution in [0.5, 0.6) is 28.7 Å². The zero-order chi connectivity index (χ0) is 37.6. The highest BCUT2D eigenvalue weighted by Crippen LogP contribution is 2.41. The Morgan fingerprint density at radius 1 is 0.600 bits per heavy atom. The summed E-state index contributed by atoms with van der Waals surface area (Å²) in [6, 6.07) is 28.0. The lowest BCUT2D eigenvalue weighted by Crippen LogP contribution is -2.44. The minimum absolute atomic E-state index is 0.0446. The van der Waals surface area contributed by atoms with Crippen LogP contribution in [-0.4, -0.2) is 65.5 Å². The van der Waals surface area contributed by atoms with Crippen molar-refractivity contribution in [2.24, 2.45) is 9.98 Å². The van der Waals surface area contributed by atoms with Gasteiger partial charge in [0, 0.05) is 37.7 Å². The van der Waals surface area contributed by atoms with E-state index in [2.05, 4.69) is 24.3 Å². The van der Waals surface area contributed by atoms with Gasteiger partial charge in [-0.3, -0.25) is 19.6 Å². The maximum Gasteiger partial charge on any atom is 0.257 e. The number of amides is 2. The predicted molar refractivity (Wildman–Crippen MR) is 207 cm³/mol. The number of benzene rings is 5. The molecule has 0 aromatic heterocycles. The van der Waals surface area contributed by atoms with Gasteiger partial charge in [-0.15, -0.1) is 0 Å². The van der Waals surface area contributed by atoms with Gasteiger partial charge in [0.2, 0.25) is 0 Å². The Balaban J connectivity index is 0.913. The van der Waals surface area contributed by atoms with Gasteiger partial charge < -0.3 is 33.9 Å². The van der Waals surface area contributed by atoms with Gasteiger partial charge in [-0.1, -0.05) is 48.5 Å². The fourth-order valence-corrected chi connectivity index (χ4v) is 7.88. The molecule has 11 nitrogen and oxygen atoms in total. The summed E-state index contributed by atoms with van der Waals surface area (Å²) in [5.74, 6) is 1.46. The molecule has 276 valence electrons. The van der Waals surface area contributed by atoms with E-state index >= 15 is 0 Å². The maximum atomic E-state index is 13.8. The second-order valence-electron chi connectivity index (χ2n) is 14.1. The quantitative estimate of drug-likeness (QED) is 0.180. The zero-order valence-electron chi connectivity index (χ0n) is 30.4. The lowest BCUT2D eigenvalue weighted by atomic mass is 9.94. The Bertz CT molecular complexity index is 2260. The van der Waals surface area contributed by atoms with Crippen LogP contribution in [0.15, 0.2) is 101 Å². The number of hydrogen-bond acceptors (Lipinski definition) is 9. The first-order chi connectivity index (χ1) is 26.8. The molecule has 4 aliphatic rings. The monoisotopic (exact) mass is 734 g/mol. The molecule has 9 rings (SSSR count). The van der Waals surface area contributed by atoms with Crippen LogP contribution < -0.4 is 18.9 Å². The average molecular weight is 735 g/mol. The van der Waals surface area contributed by atoms with Gasteiger partial charge >= 0.3 is 0 Å². The van der Waals surface area contributed by atoms with Crippen molar-refractivity contribution in [3.05, 3.63) is 136 Å². The van der Waals surface area contributed by atoms with E-state index in [0.29, 0.717) is 82.6 Å². The van der Waals surface area contributed by atoms with Crippen LogP contribution in [-0.2, 0) is 39.1 Å². The number of carbonyl (C=O) groups is 2. The molecule has 0 saturated heterocycles. The molecule has 11 heteroatoms. The lowest BCUT2D eigenvalue weighted by Gasteiger charge is -2.34. The third-order valence-corrected chi connectivity index (χ3v) is 10.7. The highest BCUT2D eigenvalue weighted by atomic mass is 16.5. The Labute approximate surface area is 318 Å². The van der Waals surface area contributed by atoms with Crippen molar-refractivity contribution in [3.63, 3.8) is 0 Å². The van der Waals surface area contributed by atoms with Crippen molar-refractivity contribution >= 4 is 35.6 Å². The van der Waals surface area contributed by atoms with Crippen molar-refractivity contribution < 1.29 is 33.6 Å². The Morgan fingerprint density at radius 3 is 1.47 bits per heavy atom. The molecule has 2 amide bonds. The molecule has 0 bridgehead atoms. The van der Waals surface area contributed by atoms with Crippen molar-refractivity contribution in [1.29, 1.82) is 0 Å². The summed E-state index contributed by atoms with van der Waals surface area (Å²) in [5, 5.41) is 10.7. The Morgan fingerprint density at radius 2 is 1.04 bits per heavy atom. The minimum atomic E-state index is -0.153. The van der Waals surface area contributed by atoms with E-state index in [9.17, 15) is 14.7 Å². The number of aliphatic imine (C=N–C) groups is 2. The molecule has 4 aliphatic heterocycles. The van der Waals surface area contributed by atoms with Crippen molar-refractivity contribution in [2.45, 2.75) is 51.2 Å². The summed E-state index contributed by atoms with van der Waals surface area (Å²) in [7, 11) is 3.06. The summed E-state index contributed by atoms with van der Waals surface area (Å²) in [5.41, 5.74) is 7.99. The van der Waals surface area contributed by atoms with Gasteiger partial charge in [0.05, 0.1) is 48.8 Å². The summed E-state index contributed by atoms with van der Waals surface area (Å²) < 4.78 is 23.8. The SMILES string of the molecule is COc1cc2c(cc1OCc1cc(O)cc(COc3cc4c(cc3OC)C(=O)N3Cc5ccccc5C[C@H]3C=N4)c1)N=C[C@@H]1Cc3ccccc3CN1C2=O. The van der Waals surface area contributed by atoms with Gasteiger partial charge in [-0.05, 0) is 76.6 Å². The largest absolute Gasteiger partial charge is 0.508 e. The van der Waals surface area contributed by atoms with Crippen LogP contribution in [0.3, 0.4) is 0 Å². The van der Waals surface area contributed by atoms with Crippen molar-refractivity contribution in [2.75, 3.05) is 14.2 Å². The van der Waals surface area contributed by atoms with Crippen molar-refractivity contribution in [3.8, 4) is 28.7 Å². The number of phenols is 1. The summed E-state index contributed by atoms with van der Waals surface area (Å²) in [6.45, 7) is 1.21. The van der Waals surface area contributed by atoms with Gasteiger partial charge in [-0.25, -0.2) is 0 Å². The average Bonchev–Trinajstić information content (AvgIpc) is 3.42. The van der Waals surface area contributed by atoms with Crippen LogP contribution in [0.25, 0.3) is 0 Å². The lowest BCUT2D eigenvalue weighted by molar-refractivity contribution is 0.0696. The Kier molecular flexibility index (Phi) is 8.69. The third-order valence-electron chi connectivity index (χ3n) is 10.7. The van der Waals surface area contributed by atoms with Crippen LogP contribution in [0.1, 0.15) is 54.1 Å². The van der Waals surface area contributed by atoms with Gasteiger partial charge in [0.25, 0.3) is 11.8 Å². The highest BCUT2D eigenvalue weighted by Gasteiger charge is 2.35. The fourth-order valence-electron chi connectivity index (χ4n) is 7.88. The number of rotatable bonds is 8. The number of methoxy groups -OCH3 is 2. The topological polar surface area (TPSA) is 122 Å². The third kappa shape index (κ3) is 6.41. The highest BCUT2D eigenvalue weighted by molar-refractivity contribution is 6.04. The number of ether oxygens (including phenoxy) is 4. The van der Waals surface area contributed by atoms with Gasteiger partial charge in [-0.2, -0.15) is 0 Å². The van der Waals surface area contributed by atoms with E-state index in [0.717, 1.165) is 11.1 Å². The molecule has 5 aromatic rings. The first-order valence-corrected chi connectivity index (χ1v) is 18.2. The first kappa shape index (κ1) is 34.2. The van der Waals surface area contributed by atoms with E-state index < -0.39 is 0 Å². The molecule has 1 N–H and O–H groups in total. The Hall–Kier alpha value is -6.62. The van der Waals surface area contributed by atoms with E-state index in [1.54, 1.807) is 36.4 Å². The van der Waals surface area contributed by atoms with E-state index in [4.69, 9.17) is 28.9 Å². The van der Waals surface area contributed by atoms with Gasteiger partial charge in [0.1, 0.15) is 19.0 Å². The molecule has 5 aromatic carbocycles. The van der Waals surface area contributed by atoms with E-state index in [1.807, 2.05) is 52.6 Å². The molecule has 0 spiro atoms. The number of hydrogen-bond donors (Lipinski definition) is 1. The van der Waals surface area contributed by atoms with Crippen LogP contribution >= 0.6 is 0 Å². The number of nitrogens with zero attached hydrogens (tertiary/aromatic N) is 4. The summed E-state index contributed by atoms with van der Waals surface area (Å²) in [4.78, 5) is 40.7. The van der Waals surface area contributed by atoms with Crippen LogP contribution in [0.4, 0.5) is 11.4 Å². The summed E-state index contributed by atoms with van der Waals surface area (Å²) >= 11 is 0. The molecular weight excluding hydrogens is 697 g/mol. The molecule has 55 heavy (non-hydrogen) atoms. The standard InChI is InChI=1S/C44H38N4O7/c1-52-39-16-35-37(45-20-32-14-28-7-3-5-9-30(28)22-47(32)43(35)50)18-41(39)54-24-26-11-27(13-34(49)12-26)25-55-42-19-38-36(17-40(42)53-2)44(51)48-23-31-10-6-4-8-29(31)15-33(48)21-46-38/h3-13,16-21,32-33,49H,14-15,22-25H2,1-2H3/t32-,33-/m0/s1. The van der Waals surface area contributed by atoms with E-state index in [-0.39, 0.29) is 42.9 Å². The van der Waals surface area contributed by atoms with E-state index in [1.165, 1.54) is 25.3 Å². The summed E-state index contributed by atoms with van der Waals surface area (Å²) in [6.07, 6.45) is 5.07. The molecule has 2 atom stereocenters. The zero-order valence-corrected chi connectivity index (χ0v) is 30.4. The van der Waals surface area contributed by atoms with Crippen LogP contribution in [0.2, 0.25) is 0 Å². The second kappa shape index (κ2) is 14.0. The normalized spacial score (nSPS) is 17.8. The van der Waals surface area contributed by atoms with Crippen molar-refractivity contribution in [1.82, 2.24) is 9.80 Å². The molecular formula is C44H38N4O7.